The zero-order valence-electron chi connectivity index (χ0n) is 14.0. The predicted molar refractivity (Wildman–Crippen MR) is 87.0 cm³/mol. The molecule has 0 N–H and O–H groups in total. The quantitative estimate of drug-likeness (QED) is 0.578. The maximum absolute atomic E-state index is 13.6. The number of hydrogen-bond donors (Lipinski definition) is 0. The van der Waals surface area contributed by atoms with Crippen LogP contribution in [-0.4, -0.2) is 20.1 Å². The first-order chi connectivity index (χ1) is 11.3. The second-order valence-corrected chi connectivity index (χ2v) is 6.86. The molecule has 2 aromatic carbocycles. The number of carbonyl (C=O) groups excluding carboxylic acids is 1. The van der Waals surface area contributed by atoms with Gasteiger partial charge in [0.25, 0.3) is 0 Å². The zero-order valence-corrected chi connectivity index (χ0v) is 16.9. The molecule has 1 aliphatic rings. The Morgan fingerprint density at radius 1 is 1.08 bits per heavy atom. The summed E-state index contributed by atoms with van der Waals surface area (Å²) in [6.45, 7) is 3.28. The van der Waals surface area contributed by atoms with Gasteiger partial charge in [0.05, 0.1) is 5.57 Å². The second kappa shape index (κ2) is 7.51. The van der Waals surface area contributed by atoms with E-state index in [9.17, 15) is 17.9 Å². The topological polar surface area (TPSA) is 66.4 Å². The van der Waals surface area contributed by atoms with Crippen LogP contribution in [-0.2, 0) is 20.6 Å². The molecule has 0 bridgehead atoms. The Hall–Kier alpha value is -1.31. The van der Waals surface area contributed by atoms with Crippen molar-refractivity contribution in [3.63, 3.8) is 0 Å². The fourth-order valence-electron chi connectivity index (χ4n) is 2.58. The standard InChI is InChI=1S/C18H15FO4S.Na/c1-18(2)17(20)15(12-4-3-5-13(19)10-12)16(23-18)11-6-8-14(9-7-11)24(21)22;/h3-10H,1-2H3,(H,21,22);/q;+1/p-1. The number of ketones is 1. The van der Waals surface area contributed by atoms with Crippen LogP contribution in [0.5, 0.6) is 0 Å². The zero-order chi connectivity index (χ0) is 17.5. The van der Waals surface area contributed by atoms with Crippen molar-refractivity contribution >= 4 is 28.2 Å². The minimum absolute atomic E-state index is 0. The Kier molecular flexibility index (Phi) is 6.01. The Morgan fingerprint density at radius 3 is 2.28 bits per heavy atom. The number of Topliss-reactive ketones (excluding diaryl/α,β-unsaturated/α-hetero) is 1. The first-order valence-corrected chi connectivity index (χ1v) is 8.31. The average Bonchev–Trinajstić information content (AvgIpc) is 2.78. The fraction of sp³-hybridized carbons (Fsp3) is 0.167. The van der Waals surface area contributed by atoms with Crippen LogP contribution in [0.2, 0.25) is 0 Å². The molecule has 0 saturated heterocycles. The molecule has 1 unspecified atom stereocenters. The van der Waals surface area contributed by atoms with Gasteiger partial charge in [-0.1, -0.05) is 24.3 Å². The van der Waals surface area contributed by atoms with Gasteiger partial charge in [-0.25, -0.2) is 4.39 Å². The maximum atomic E-state index is 13.6. The molecule has 4 nitrogen and oxygen atoms in total. The number of benzene rings is 2. The Balaban J connectivity index is 0.00000225. The van der Waals surface area contributed by atoms with Gasteiger partial charge in [-0.15, -0.1) is 0 Å². The smallest absolute Gasteiger partial charge is 0.768 e. The number of ether oxygens (including phenoxy) is 1. The molecule has 3 rings (SSSR count). The van der Waals surface area contributed by atoms with Gasteiger partial charge in [-0.3, -0.25) is 9.00 Å². The minimum Gasteiger partial charge on any atom is -0.768 e. The van der Waals surface area contributed by atoms with Gasteiger partial charge in [0.1, 0.15) is 11.6 Å². The van der Waals surface area contributed by atoms with Crippen LogP contribution in [0.1, 0.15) is 25.0 Å². The molecule has 1 aliphatic heterocycles. The van der Waals surface area contributed by atoms with Crippen LogP contribution < -0.4 is 29.6 Å². The Morgan fingerprint density at radius 2 is 1.72 bits per heavy atom. The van der Waals surface area contributed by atoms with Gasteiger partial charge >= 0.3 is 29.6 Å². The van der Waals surface area contributed by atoms with Crippen LogP contribution in [0.25, 0.3) is 11.3 Å². The van der Waals surface area contributed by atoms with Crippen LogP contribution in [0.4, 0.5) is 4.39 Å². The molecule has 1 heterocycles. The fourth-order valence-corrected chi connectivity index (χ4v) is 2.94. The van der Waals surface area contributed by atoms with E-state index in [0.717, 1.165) is 0 Å². The average molecular weight is 368 g/mol. The third kappa shape index (κ3) is 3.93. The number of halogens is 1. The minimum atomic E-state index is -2.33. The monoisotopic (exact) mass is 368 g/mol. The van der Waals surface area contributed by atoms with E-state index >= 15 is 0 Å². The van der Waals surface area contributed by atoms with Crippen LogP contribution >= 0.6 is 0 Å². The Bertz CT molecular complexity index is 875. The number of carbonyl (C=O) groups is 1. The molecular weight excluding hydrogens is 354 g/mol. The first-order valence-electron chi connectivity index (χ1n) is 7.23. The summed E-state index contributed by atoms with van der Waals surface area (Å²) >= 11 is -2.33. The Labute approximate surface area is 169 Å². The number of hydrogen-bond acceptors (Lipinski definition) is 4. The van der Waals surface area contributed by atoms with Gasteiger partial charge in [-0.05, 0) is 54.8 Å². The van der Waals surface area contributed by atoms with Gasteiger partial charge < -0.3 is 9.29 Å². The largest absolute Gasteiger partial charge is 1.00 e. The second-order valence-electron chi connectivity index (χ2n) is 5.92. The summed E-state index contributed by atoms with van der Waals surface area (Å²) in [5, 5.41) is 0. The SMILES string of the molecule is CC1(C)OC(c2ccc(S(=O)[O-])cc2)=C(c2cccc(F)c2)C1=O.[Na+]. The van der Waals surface area contributed by atoms with Gasteiger partial charge in [0.15, 0.2) is 5.60 Å². The van der Waals surface area contributed by atoms with Gasteiger partial charge in [-0.2, -0.15) is 0 Å². The van der Waals surface area contributed by atoms with E-state index in [-0.39, 0.29) is 45.8 Å². The predicted octanol–water partition coefficient (Wildman–Crippen LogP) is 0.314. The molecule has 2 aromatic rings. The van der Waals surface area contributed by atoms with Crippen molar-refractivity contribution in [2.45, 2.75) is 24.3 Å². The summed E-state index contributed by atoms with van der Waals surface area (Å²) in [7, 11) is 0. The molecule has 0 radical (unpaired) electrons. The molecular formula is C18H14FNaO4S. The molecule has 0 aromatic heterocycles. The van der Waals surface area contributed by atoms with Crippen molar-refractivity contribution < 1.29 is 52.2 Å². The van der Waals surface area contributed by atoms with Crippen molar-refractivity contribution in [2.75, 3.05) is 0 Å². The van der Waals surface area contributed by atoms with Crippen LogP contribution in [0.15, 0.2) is 53.4 Å². The molecule has 25 heavy (non-hydrogen) atoms. The summed E-state index contributed by atoms with van der Waals surface area (Å²) in [6, 6.07) is 11.7. The van der Waals surface area contributed by atoms with E-state index < -0.39 is 22.5 Å². The molecule has 7 heteroatoms. The van der Waals surface area contributed by atoms with E-state index in [1.165, 1.54) is 30.3 Å². The van der Waals surface area contributed by atoms with E-state index in [4.69, 9.17) is 4.74 Å². The van der Waals surface area contributed by atoms with Crippen molar-refractivity contribution in [3.05, 3.63) is 65.5 Å². The summed E-state index contributed by atoms with van der Waals surface area (Å²) in [6.07, 6.45) is 0. The van der Waals surface area contributed by atoms with E-state index in [2.05, 4.69) is 0 Å². The first kappa shape index (κ1) is 20.0. The summed E-state index contributed by atoms with van der Waals surface area (Å²) in [4.78, 5) is 12.8. The molecule has 1 atom stereocenters. The molecule has 0 fully saturated rings. The normalized spacial score (nSPS) is 17.0. The van der Waals surface area contributed by atoms with Crippen molar-refractivity contribution in [2.24, 2.45) is 0 Å². The molecule has 0 spiro atoms. The molecule has 0 aliphatic carbocycles. The van der Waals surface area contributed by atoms with Crippen molar-refractivity contribution in [1.29, 1.82) is 0 Å². The maximum Gasteiger partial charge on any atom is 1.00 e. The van der Waals surface area contributed by atoms with E-state index in [1.807, 2.05) is 0 Å². The summed E-state index contributed by atoms with van der Waals surface area (Å²) < 4.78 is 41.3. The van der Waals surface area contributed by atoms with Gasteiger partial charge in [0, 0.05) is 10.5 Å². The van der Waals surface area contributed by atoms with Crippen molar-refractivity contribution in [1.82, 2.24) is 0 Å². The number of rotatable bonds is 3. The third-order valence-corrected chi connectivity index (χ3v) is 4.44. The van der Waals surface area contributed by atoms with E-state index in [1.54, 1.807) is 32.0 Å². The van der Waals surface area contributed by atoms with Gasteiger partial charge in [0.2, 0.25) is 5.78 Å². The summed E-state index contributed by atoms with van der Waals surface area (Å²) in [5.74, 6) is -0.382. The molecule has 124 valence electrons. The van der Waals surface area contributed by atoms with Crippen molar-refractivity contribution in [3.8, 4) is 0 Å². The van der Waals surface area contributed by atoms with Crippen LogP contribution in [0, 0.1) is 5.82 Å². The molecule has 0 amide bonds. The third-order valence-electron chi connectivity index (χ3n) is 3.78. The van der Waals surface area contributed by atoms with Crippen LogP contribution in [0.3, 0.4) is 0 Å². The summed E-state index contributed by atoms with van der Waals surface area (Å²) in [5.41, 5.74) is 0.201. The van der Waals surface area contributed by atoms with E-state index in [0.29, 0.717) is 16.9 Å². The molecule has 0 saturated carbocycles.